The van der Waals surface area contributed by atoms with Crippen LogP contribution in [-0.2, 0) is 14.8 Å². The molecule has 0 fully saturated rings. The summed E-state index contributed by atoms with van der Waals surface area (Å²) in [6, 6.07) is 12.4. The summed E-state index contributed by atoms with van der Waals surface area (Å²) in [5.74, 6) is 0.172. The van der Waals surface area contributed by atoms with E-state index in [0.29, 0.717) is 16.5 Å². The SMILES string of the molecule is CCC(CC)NC(=O)CN(c1cccc(Cl)c1)S(=O)(=O)c1ccc(OC)cc1. The minimum absolute atomic E-state index is 0.00241. The molecule has 2 aromatic carbocycles. The van der Waals surface area contributed by atoms with E-state index in [1.54, 1.807) is 30.3 Å². The minimum atomic E-state index is -3.98. The molecule has 0 heterocycles. The monoisotopic (exact) mass is 424 g/mol. The zero-order valence-electron chi connectivity index (χ0n) is 16.2. The van der Waals surface area contributed by atoms with Crippen LogP contribution in [0.2, 0.25) is 5.02 Å². The Hall–Kier alpha value is -2.25. The lowest BCUT2D eigenvalue weighted by Crippen LogP contribution is -2.44. The van der Waals surface area contributed by atoms with Crippen LogP contribution in [0.25, 0.3) is 0 Å². The summed E-state index contributed by atoms with van der Waals surface area (Å²) in [5.41, 5.74) is 0.322. The largest absolute Gasteiger partial charge is 0.497 e. The van der Waals surface area contributed by atoms with Crippen molar-refractivity contribution in [2.24, 2.45) is 0 Å². The number of benzene rings is 2. The maximum atomic E-state index is 13.3. The van der Waals surface area contributed by atoms with Gasteiger partial charge in [0, 0.05) is 11.1 Å². The molecule has 152 valence electrons. The van der Waals surface area contributed by atoms with Crippen LogP contribution in [-0.4, -0.2) is 34.0 Å². The van der Waals surface area contributed by atoms with Crippen LogP contribution in [0, 0.1) is 0 Å². The predicted molar refractivity (Wildman–Crippen MR) is 111 cm³/mol. The van der Waals surface area contributed by atoms with Gasteiger partial charge in [-0.1, -0.05) is 31.5 Å². The molecule has 0 aliphatic rings. The number of amides is 1. The maximum absolute atomic E-state index is 13.3. The summed E-state index contributed by atoms with van der Waals surface area (Å²) in [4.78, 5) is 12.6. The molecule has 28 heavy (non-hydrogen) atoms. The van der Waals surface area contributed by atoms with Crippen LogP contribution in [0.5, 0.6) is 5.75 Å². The van der Waals surface area contributed by atoms with Gasteiger partial charge in [0.2, 0.25) is 5.91 Å². The topological polar surface area (TPSA) is 75.7 Å². The molecular formula is C20H25ClN2O4S. The first-order valence-corrected chi connectivity index (χ1v) is 10.8. The highest BCUT2D eigenvalue weighted by Gasteiger charge is 2.28. The second-order valence-corrected chi connectivity index (χ2v) is 8.55. The molecule has 0 radical (unpaired) electrons. The number of anilines is 1. The van der Waals surface area contributed by atoms with Crippen molar-refractivity contribution in [1.82, 2.24) is 5.32 Å². The third-order valence-corrected chi connectivity index (χ3v) is 6.40. The molecule has 2 rings (SSSR count). The fourth-order valence-electron chi connectivity index (χ4n) is 2.72. The predicted octanol–water partition coefficient (Wildman–Crippen LogP) is 3.85. The lowest BCUT2D eigenvalue weighted by Gasteiger charge is -2.25. The lowest BCUT2D eigenvalue weighted by molar-refractivity contribution is -0.120. The van der Waals surface area contributed by atoms with Crippen molar-refractivity contribution in [3.8, 4) is 5.75 Å². The van der Waals surface area contributed by atoms with Crippen LogP contribution >= 0.6 is 11.6 Å². The summed E-state index contributed by atoms with van der Waals surface area (Å²) in [5, 5.41) is 3.26. The summed E-state index contributed by atoms with van der Waals surface area (Å²) < 4.78 is 32.7. The van der Waals surface area contributed by atoms with E-state index < -0.39 is 10.0 Å². The van der Waals surface area contributed by atoms with Crippen molar-refractivity contribution >= 4 is 33.2 Å². The Kier molecular flexibility index (Phi) is 7.71. The Labute approximate surface area is 171 Å². The minimum Gasteiger partial charge on any atom is -0.497 e. The normalized spacial score (nSPS) is 11.3. The Morgan fingerprint density at radius 2 is 1.79 bits per heavy atom. The van der Waals surface area contributed by atoms with Gasteiger partial charge < -0.3 is 10.1 Å². The standard InChI is InChI=1S/C20H25ClN2O4S/c1-4-16(5-2)22-20(24)14-23(17-8-6-7-15(21)13-17)28(25,26)19-11-9-18(27-3)10-12-19/h6-13,16H,4-5,14H2,1-3H3,(H,22,24). The number of rotatable bonds is 9. The third-order valence-electron chi connectivity index (χ3n) is 4.38. The molecule has 0 aliphatic heterocycles. The van der Waals surface area contributed by atoms with Crippen LogP contribution in [0.1, 0.15) is 26.7 Å². The Morgan fingerprint density at radius 3 is 2.32 bits per heavy atom. The van der Waals surface area contributed by atoms with Gasteiger partial charge in [-0.15, -0.1) is 0 Å². The van der Waals surface area contributed by atoms with E-state index in [9.17, 15) is 13.2 Å². The number of carbonyl (C=O) groups is 1. The smallest absolute Gasteiger partial charge is 0.264 e. The Morgan fingerprint density at radius 1 is 1.14 bits per heavy atom. The molecular weight excluding hydrogens is 400 g/mol. The number of halogens is 1. The number of hydrogen-bond donors (Lipinski definition) is 1. The van der Waals surface area contributed by atoms with Gasteiger partial charge in [-0.25, -0.2) is 8.42 Å². The number of nitrogens with one attached hydrogen (secondary N) is 1. The zero-order chi connectivity index (χ0) is 20.7. The van der Waals surface area contributed by atoms with Gasteiger partial charge in [0.15, 0.2) is 0 Å². The number of methoxy groups -OCH3 is 1. The van der Waals surface area contributed by atoms with E-state index >= 15 is 0 Å². The molecule has 1 amide bonds. The second-order valence-electron chi connectivity index (χ2n) is 6.25. The number of nitrogens with zero attached hydrogens (tertiary/aromatic N) is 1. The van der Waals surface area contributed by atoms with Gasteiger partial charge in [-0.2, -0.15) is 0 Å². The van der Waals surface area contributed by atoms with E-state index in [1.807, 2.05) is 13.8 Å². The fourth-order valence-corrected chi connectivity index (χ4v) is 4.32. The van der Waals surface area contributed by atoms with E-state index in [2.05, 4.69) is 5.32 Å². The van der Waals surface area contributed by atoms with Gasteiger partial charge >= 0.3 is 0 Å². The van der Waals surface area contributed by atoms with Crippen molar-refractivity contribution in [2.45, 2.75) is 37.6 Å². The summed E-state index contributed by atoms with van der Waals surface area (Å²) >= 11 is 6.05. The number of hydrogen-bond acceptors (Lipinski definition) is 4. The Bertz CT molecular complexity index is 897. The molecule has 2 aromatic rings. The number of ether oxygens (including phenoxy) is 1. The van der Waals surface area contributed by atoms with Crippen LogP contribution in [0.3, 0.4) is 0 Å². The van der Waals surface area contributed by atoms with Crippen molar-refractivity contribution in [3.05, 3.63) is 53.6 Å². The molecule has 6 nitrogen and oxygen atoms in total. The molecule has 0 aliphatic carbocycles. The first kappa shape index (κ1) is 22.0. The first-order chi connectivity index (χ1) is 13.3. The number of carbonyl (C=O) groups excluding carboxylic acids is 1. The maximum Gasteiger partial charge on any atom is 0.264 e. The Balaban J connectivity index is 2.40. The molecule has 0 saturated carbocycles. The second kappa shape index (κ2) is 9.80. The van der Waals surface area contributed by atoms with Crippen molar-refractivity contribution in [1.29, 1.82) is 0 Å². The fraction of sp³-hybridized carbons (Fsp3) is 0.350. The van der Waals surface area contributed by atoms with Crippen LogP contribution in [0.15, 0.2) is 53.4 Å². The van der Waals surface area contributed by atoms with Crippen molar-refractivity contribution in [2.75, 3.05) is 18.0 Å². The molecule has 0 atom stereocenters. The van der Waals surface area contributed by atoms with Crippen molar-refractivity contribution < 1.29 is 17.9 Å². The van der Waals surface area contributed by atoms with Gasteiger partial charge in [-0.3, -0.25) is 9.10 Å². The highest BCUT2D eigenvalue weighted by molar-refractivity contribution is 7.92. The van der Waals surface area contributed by atoms with E-state index in [1.165, 1.54) is 25.3 Å². The molecule has 0 unspecified atom stereocenters. The molecule has 1 N–H and O–H groups in total. The van der Waals surface area contributed by atoms with Crippen LogP contribution in [0.4, 0.5) is 5.69 Å². The molecule has 8 heteroatoms. The van der Waals surface area contributed by atoms with Gasteiger partial charge in [0.05, 0.1) is 17.7 Å². The summed E-state index contributed by atoms with van der Waals surface area (Å²) in [6.07, 6.45) is 1.54. The van der Waals surface area contributed by atoms with Gasteiger partial charge in [0.1, 0.15) is 12.3 Å². The third kappa shape index (κ3) is 5.39. The van der Waals surface area contributed by atoms with Crippen LogP contribution < -0.4 is 14.4 Å². The van der Waals surface area contributed by atoms with E-state index in [4.69, 9.17) is 16.3 Å². The van der Waals surface area contributed by atoms with Crippen molar-refractivity contribution in [3.63, 3.8) is 0 Å². The highest BCUT2D eigenvalue weighted by Crippen LogP contribution is 2.27. The molecule has 0 saturated heterocycles. The molecule has 0 aromatic heterocycles. The average Bonchev–Trinajstić information content (AvgIpc) is 2.70. The average molecular weight is 425 g/mol. The first-order valence-electron chi connectivity index (χ1n) is 9.03. The summed E-state index contributed by atoms with van der Waals surface area (Å²) in [7, 11) is -2.48. The zero-order valence-corrected chi connectivity index (χ0v) is 17.8. The summed E-state index contributed by atoms with van der Waals surface area (Å²) in [6.45, 7) is 3.60. The molecule has 0 spiro atoms. The van der Waals surface area contributed by atoms with Gasteiger partial charge in [-0.05, 0) is 55.3 Å². The highest BCUT2D eigenvalue weighted by atomic mass is 35.5. The quantitative estimate of drug-likeness (QED) is 0.663. The van der Waals surface area contributed by atoms with E-state index in [-0.39, 0.29) is 23.4 Å². The van der Waals surface area contributed by atoms with Gasteiger partial charge in [0.25, 0.3) is 10.0 Å². The lowest BCUT2D eigenvalue weighted by atomic mass is 10.2. The molecule has 0 bridgehead atoms. The van der Waals surface area contributed by atoms with E-state index in [0.717, 1.165) is 17.1 Å². The number of sulfonamides is 1.